The Morgan fingerprint density at radius 2 is 1.89 bits per heavy atom. The molecule has 0 aliphatic carbocycles. The van der Waals surface area contributed by atoms with Crippen LogP contribution in [0.3, 0.4) is 0 Å². The van der Waals surface area contributed by atoms with Crippen LogP contribution >= 0.6 is 0 Å². The van der Waals surface area contributed by atoms with Gasteiger partial charge in [-0.25, -0.2) is 0 Å². The van der Waals surface area contributed by atoms with E-state index in [0.29, 0.717) is 25.6 Å². The highest BCUT2D eigenvalue weighted by Crippen LogP contribution is 1.98. The standard InChI is InChI=1S/C13H28N2O2.C2H6/c1-5-8-15(4)11-13(16)14-7-10-17-9-6-12(2)3;1-2/h12H,5-11H2,1-4H3,(H,14,16);1-2H3. The summed E-state index contributed by atoms with van der Waals surface area (Å²) in [6.07, 6.45) is 2.15. The van der Waals surface area contributed by atoms with Gasteiger partial charge in [0.15, 0.2) is 0 Å². The van der Waals surface area contributed by atoms with Crippen LogP contribution in [0.2, 0.25) is 0 Å². The van der Waals surface area contributed by atoms with Gasteiger partial charge in [-0.05, 0) is 32.4 Å². The molecule has 0 fully saturated rings. The minimum atomic E-state index is 0.0772. The fourth-order valence-electron chi connectivity index (χ4n) is 1.45. The van der Waals surface area contributed by atoms with Gasteiger partial charge in [0, 0.05) is 13.2 Å². The molecule has 0 atom stereocenters. The Morgan fingerprint density at radius 3 is 2.42 bits per heavy atom. The molecular formula is C15H34N2O2. The lowest BCUT2D eigenvalue weighted by Gasteiger charge is -2.15. The third kappa shape index (κ3) is 17.4. The van der Waals surface area contributed by atoms with E-state index in [1.807, 2.05) is 25.8 Å². The summed E-state index contributed by atoms with van der Waals surface area (Å²) >= 11 is 0. The van der Waals surface area contributed by atoms with Gasteiger partial charge in [0.05, 0.1) is 13.2 Å². The van der Waals surface area contributed by atoms with Gasteiger partial charge in [0.2, 0.25) is 5.91 Å². The predicted molar refractivity (Wildman–Crippen MR) is 82.4 cm³/mol. The van der Waals surface area contributed by atoms with Crippen molar-refractivity contribution in [2.24, 2.45) is 5.92 Å². The SMILES string of the molecule is CC.CCCN(C)CC(=O)NCCOCCC(C)C. The first kappa shape index (κ1) is 20.7. The van der Waals surface area contributed by atoms with Crippen molar-refractivity contribution in [3.63, 3.8) is 0 Å². The van der Waals surface area contributed by atoms with Crippen molar-refractivity contribution >= 4 is 5.91 Å². The van der Waals surface area contributed by atoms with Crippen LogP contribution < -0.4 is 5.32 Å². The van der Waals surface area contributed by atoms with E-state index in [9.17, 15) is 4.79 Å². The molecule has 0 bridgehead atoms. The predicted octanol–water partition coefficient (Wildman–Crippen LogP) is 2.53. The summed E-state index contributed by atoms with van der Waals surface area (Å²) in [5.41, 5.74) is 0. The minimum absolute atomic E-state index is 0.0772. The Morgan fingerprint density at radius 1 is 1.26 bits per heavy atom. The quantitative estimate of drug-likeness (QED) is 0.622. The van der Waals surface area contributed by atoms with E-state index in [2.05, 4.69) is 26.1 Å². The molecule has 0 heterocycles. The molecule has 19 heavy (non-hydrogen) atoms. The van der Waals surface area contributed by atoms with Gasteiger partial charge in [-0.15, -0.1) is 0 Å². The Bertz CT molecular complexity index is 197. The Hall–Kier alpha value is -0.610. The maximum absolute atomic E-state index is 11.5. The number of nitrogens with zero attached hydrogens (tertiary/aromatic N) is 1. The lowest BCUT2D eigenvalue weighted by Crippen LogP contribution is -2.37. The summed E-state index contributed by atoms with van der Waals surface area (Å²) in [6, 6.07) is 0. The molecule has 1 N–H and O–H groups in total. The number of hydrogen-bond acceptors (Lipinski definition) is 3. The molecule has 4 heteroatoms. The van der Waals surface area contributed by atoms with Crippen LogP contribution in [0.5, 0.6) is 0 Å². The van der Waals surface area contributed by atoms with Crippen molar-refractivity contribution in [3.05, 3.63) is 0 Å². The highest BCUT2D eigenvalue weighted by molar-refractivity contribution is 5.77. The van der Waals surface area contributed by atoms with E-state index >= 15 is 0 Å². The molecule has 0 radical (unpaired) electrons. The van der Waals surface area contributed by atoms with Gasteiger partial charge in [-0.2, -0.15) is 0 Å². The molecule has 0 aromatic rings. The zero-order chi connectivity index (χ0) is 15.1. The van der Waals surface area contributed by atoms with Crippen molar-refractivity contribution in [1.82, 2.24) is 10.2 Å². The van der Waals surface area contributed by atoms with Gasteiger partial charge in [0.1, 0.15) is 0 Å². The van der Waals surface area contributed by atoms with E-state index in [1.54, 1.807) is 0 Å². The number of carbonyl (C=O) groups is 1. The van der Waals surface area contributed by atoms with E-state index < -0.39 is 0 Å². The third-order valence-electron chi connectivity index (χ3n) is 2.43. The Kier molecular flexibility index (Phi) is 16.8. The normalized spacial score (nSPS) is 10.3. The molecule has 0 aliphatic heterocycles. The topological polar surface area (TPSA) is 41.6 Å². The van der Waals surface area contributed by atoms with Crippen molar-refractivity contribution in [1.29, 1.82) is 0 Å². The molecule has 0 spiro atoms. The average Bonchev–Trinajstić information content (AvgIpc) is 2.36. The first-order chi connectivity index (χ1) is 9.06. The van der Waals surface area contributed by atoms with Crippen LogP contribution in [0.4, 0.5) is 0 Å². The van der Waals surface area contributed by atoms with E-state index in [0.717, 1.165) is 26.0 Å². The lowest BCUT2D eigenvalue weighted by molar-refractivity contribution is -0.122. The van der Waals surface area contributed by atoms with Crippen LogP contribution in [0.1, 0.15) is 47.5 Å². The smallest absolute Gasteiger partial charge is 0.234 e. The molecular weight excluding hydrogens is 240 g/mol. The van der Waals surface area contributed by atoms with Crippen LogP contribution in [0, 0.1) is 5.92 Å². The first-order valence-corrected chi connectivity index (χ1v) is 7.59. The summed E-state index contributed by atoms with van der Waals surface area (Å²) in [6.45, 7) is 13.9. The molecule has 116 valence electrons. The summed E-state index contributed by atoms with van der Waals surface area (Å²) in [5, 5.41) is 2.85. The summed E-state index contributed by atoms with van der Waals surface area (Å²) in [7, 11) is 1.96. The maximum Gasteiger partial charge on any atom is 0.234 e. The second-order valence-electron chi connectivity index (χ2n) is 4.88. The van der Waals surface area contributed by atoms with Crippen molar-refractivity contribution in [3.8, 4) is 0 Å². The number of amides is 1. The van der Waals surface area contributed by atoms with Gasteiger partial charge in [-0.3, -0.25) is 9.69 Å². The highest BCUT2D eigenvalue weighted by atomic mass is 16.5. The molecule has 0 aromatic carbocycles. The molecule has 0 saturated heterocycles. The van der Waals surface area contributed by atoms with E-state index in [-0.39, 0.29) is 5.91 Å². The number of rotatable bonds is 10. The first-order valence-electron chi connectivity index (χ1n) is 7.59. The Labute approximate surface area is 119 Å². The molecule has 1 amide bonds. The Balaban J connectivity index is 0. The maximum atomic E-state index is 11.5. The van der Waals surface area contributed by atoms with Crippen molar-refractivity contribution in [2.45, 2.75) is 47.5 Å². The lowest BCUT2D eigenvalue weighted by atomic mass is 10.1. The van der Waals surface area contributed by atoms with Gasteiger partial charge < -0.3 is 10.1 Å². The van der Waals surface area contributed by atoms with Gasteiger partial charge in [-0.1, -0.05) is 34.6 Å². The molecule has 0 rings (SSSR count). The van der Waals surface area contributed by atoms with Crippen LogP contribution in [0.25, 0.3) is 0 Å². The number of likely N-dealkylation sites (N-methyl/N-ethyl adjacent to an activating group) is 1. The number of carbonyl (C=O) groups excluding carboxylic acids is 1. The van der Waals surface area contributed by atoms with E-state index in [4.69, 9.17) is 4.74 Å². The monoisotopic (exact) mass is 274 g/mol. The molecule has 0 unspecified atom stereocenters. The molecule has 4 nitrogen and oxygen atoms in total. The zero-order valence-electron chi connectivity index (χ0n) is 13.8. The third-order valence-corrected chi connectivity index (χ3v) is 2.43. The van der Waals surface area contributed by atoms with Gasteiger partial charge in [0.25, 0.3) is 0 Å². The fourth-order valence-corrected chi connectivity index (χ4v) is 1.45. The largest absolute Gasteiger partial charge is 0.380 e. The van der Waals surface area contributed by atoms with Crippen LogP contribution in [0.15, 0.2) is 0 Å². The second-order valence-corrected chi connectivity index (χ2v) is 4.88. The number of nitrogens with one attached hydrogen (secondary N) is 1. The van der Waals surface area contributed by atoms with Crippen molar-refractivity contribution < 1.29 is 9.53 Å². The average molecular weight is 274 g/mol. The fraction of sp³-hybridized carbons (Fsp3) is 0.933. The number of hydrogen-bond donors (Lipinski definition) is 1. The van der Waals surface area contributed by atoms with Gasteiger partial charge >= 0.3 is 0 Å². The molecule has 0 aromatic heterocycles. The highest BCUT2D eigenvalue weighted by Gasteiger charge is 2.04. The number of ether oxygens (including phenoxy) is 1. The minimum Gasteiger partial charge on any atom is -0.380 e. The second kappa shape index (κ2) is 15.4. The van der Waals surface area contributed by atoms with Crippen molar-refractivity contribution in [2.75, 3.05) is 39.9 Å². The van der Waals surface area contributed by atoms with Crippen LogP contribution in [-0.4, -0.2) is 50.7 Å². The summed E-state index contributed by atoms with van der Waals surface area (Å²) < 4.78 is 5.42. The van der Waals surface area contributed by atoms with E-state index in [1.165, 1.54) is 0 Å². The zero-order valence-corrected chi connectivity index (χ0v) is 13.8. The summed E-state index contributed by atoms with van der Waals surface area (Å²) in [4.78, 5) is 13.5. The summed E-state index contributed by atoms with van der Waals surface area (Å²) in [5.74, 6) is 0.751. The molecule has 0 aliphatic rings. The van der Waals surface area contributed by atoms with Crippen LogP contribution in [-0.2, 0) is 9.53 Å². The molecule has 0 saturated carbocycles.